The Morgan fingerprint density at radius 2 is 1.94 bits per heavy atom. The average molecular weight is 255 g/mol. The number of nitrogens with zero attached hydrogens (tertiary/aromatic N) is 2. The van der Waals surface area contributed by atoms with Crippen LogP contribution in [0.1, 0.15) is 56.5 Å². The number of alkyl halides is 1. The number of hydrogen-bond acceptors (Lipinski definition) is 1. The van der Waals surface area contributed by atoms with E-state index in [1.165, 1.54) is 42.6 Å². The molecule has 1 aliphatic carbocycles. The Hall–Kier alpha value is -0.500. The molecule has 96 valence electrons. The predicted molar refractivity (Wildman–Crippen MR) is 72.5 cm³/mol. The minimum absolute atomic E-state index is 0.608. The van der Waals surface area contributed by atoms with Crippen molar-refractivity contribution in [2.24, 2.45) is 5.92 Å². The number of hydrogen-bond donors (Lipinski definition) is 0. The van der Waals surface area contributed by atoms with E-state index >= 15 is 0 Å². The van der Waals surface area contributed by atoms with Crippen molar-refractivity contribution in [3.63, 3.8) is 0 Å². The van der Waals surface area contributed by atoms with E-state index in [9.17, 15) is 0 Å². The molecule has 0 aromatic carbocycles. The molecule has 0 spiro atoms. The summed E-state index contributed by atoms with van der Waals surface area (Å²) < 4.78 is 2.24. The van der Waals surface area contributed by atoms with Gasteiger partial charge in [0.2, 0.25) is 0 Å². The molecule has 2 nitrogen and oxygen atoms in total. The van der Waals surface area contributed by atoms with E-state index in [1.807, 2.05) is 0 Å². The summed E-state index contributed by atoms with van der Waals surface area (Å²) in [6.45, 7) is 5.47. The molecule has 0 amide bonds. The van der Waals surface area contributed by atoms with E-state index < -0.39 is 0 Å². The smallest absolute Gasteiger partial charge is 0.0668 e. The lowest BCUT2D eigenvalue weighted by Gasteiger charge is -2.12. The topological polar surface area (TPSA) is 17.8 Å². The van der Waals surface area contributed by atoms with Crippen molar-refractivity contribution in [2.75, 3.05) is 0 Å². The first-order valence-electron chi connectivity index (χ1n) is 6.93. The van der Waals surface area contributed by atoms with Crippen LogP contribution in [-0.2, 0) is 25.3 Å². The molecule has 1 aromatic rings. The molecule has 0 bridgehead atoms. The zero-order chi connectivity index (χ0) is 12.3. The van der Waals surface area contributed by atoms with Gasteiger partial charge in [0.05, 0.1) is 11.6 Å². The quantitative estimate of drug-likeness (QED) is 0.728. The van der Waals surface area contributed by atoms with Gasteiger partial charge < -0.3 is 0 Å². The summed E-state index contributed by atoms with van der Waals surface area (Å²) in [6.07, 6.45) is 7.59. The fraction of sp³-hybridized carbons (Fsp3) is 0.786. The van der Waals surface area contributed by atoms with Gasteiger partial charge in [-0.15, -0.1) is 11.6 Å². The minimum atomic E-state index is 0.608. The molecular formula is C14H23ClN2. The molecular weight excluding hydrogens is 232 g/mol. The molecule has 0 N–H and O–H groups in total. The second-order valence-corrected chi connectivity index (χ2v) is 5.31. The molecule has 2 rings (SSSR count). The summed E-state index contributed by atoms with van der Waals surface area (Å²) in [5.74, 6) is 1.45. The van der Waals surface area contributed by atoms with Gasteiger partial charge in [-0.2, -0.15) is 5.10 Å². The van der Waals surface area contributed by atoms with Gasteiger partial charge in [0.15, 0.2) is 0 Å². The molecule has 0 radical (unpaired) electrons. The first kappa shape index (κ1) is 12.9. The summed E-state index contributed by atoms with van der Waals surface area (Å²) in [7, 11) is 0. The Bertz CT molecular complexity index is 365. The maximum atomic E-state index is 6.07. The lowest BCUT2D eigenvalue weighted by atomic mass is 10.1. The monoisotopic (exact) mass is 254 g/mol. The second kappa shape index (κ2) is 5.90. The van der Waals surface area contributed by atoms with Crippen molar-refractivity contribution in [3.8, 4) is 0 Å². The molecule has 1 aliphatic rings. The zero-order valence-corrected chi connectivity index (χ0v) is 11.8. The standard InChI is InChI=1S/C14H23ClN2/c1-3-13-12(9-15)14(4-2)17(16-13)10-11-7-5-6-8-11/h11H,3-10H2,1-2H3. The van der Waals surface area contributed by atoms with Gasteiger partial charge in [-0.25, -0.2) is 0 Å². The maximum absolute atomic E-state index is 6.07. The molecule has 0 saturated heterocycles. The SMILES string of the molecule is CCc1nn(CC2CCCC2)c(CC)c1CCl. The van der Waals surface area contributed by atoms with Crippen LogP contribution in [0.2, 0.25) is 0 Å². The third-order valence-corrected chi connectivity index (χ3v) is 4.23. The van der Waals surface area contributed by atoms with Gasteiger partial charge in [-0.3, -0.25) is 4.68 Å². The molecule has 0 atom stereocenters. The van der Waals surface area contributed by atoms with Crippen LogP contribution in [0.15, 0.2) is 0 Å². The fourth-order valence-electron chi connectivity index (χ4n) is 3.01. The predicted octanol–water partition coefficient (Wildman–Crippen LogP) is 3.94. The maximum Gasteiger partial charge on any atom is 0.0668 e. The first-order chi connectivity index (χ1) is 8.30. The van der Waals surface area contributed by atoms with Crippen LogP contribution >= 0.6 is 11.6 Å². The molecule has 0 unspecified atom stereocenters. The van der Waals surface area contributed by atoms with Gasteiger partial charge in [0.1, 0.15) is 0 Å². The van der Waals surface area contributed by atoms with E-state index in [-0.39, 0.29) is 0 Å². The van der Waals surface area contributed by atoms with Crippen molar-refractivity contribution >= 4 is 11.6 Å². The van der Waals surface area contributed by atoms with Crippen molar-refractivity contribution in [2.45, 2.75) is 64.8 Å². The number of aryl methyl sites for hydroxylation is 1. The van der Waals surface area contributed by atoms with E-state index in [0.29, 0.717) is 5.88 Å². The van der Waals surface area contributed by atoms with Crippen molar-refractivity contribution < 1.29 is 0 Å². The Labute approximate surface area is 109 Å². The summed E-state index contributed by atoms with van der Waals surface area (Å²) in [6, 6.07) is 0. The Balaban J connectivity index is 2.22. The highest BCUT2D eigenvalue weighted by atomic mass is 35.5. The molecule has 1 fully saturated rings. The van der Waals surface area contributed by atoms with Crippen LogP contribution in [0.25, 0.3) is 0 Å². The Kier molecular flexibility index (Phi) is 4.49. The highest BCUT2D eigenvalue weighted by Gasteiger charge is 2.20. The molecule has 3 heteroatoms. The molecule has 1 saturated carbocycles. The van der Waals surface area contributed by atoms with Gasteiger partial charge in [-0.1, -0.05) is 26.7 Å². The third-order valence-electron chi connectivity index (χ3n) is 3.96. The van der Waals surface area contributed by atoms with Crippen LogP contribution in [0, 0.1) is 5.92 Å². The Morgan fingerprint density at radius 3 is 2.47 bits per heavy atom. The number of rotatable bonds is 5. The number of halogens is 1. The number of aromatic nitrogens is 2. The molecule has 1 heterocycles. The van der Waals surface area contributed by atoms with Crippen molar-refractivity contribution in [3.05, 3.63) is 17.0 Å². The van der Waals surface area contributed by atoms with Crippen LogP contribution in [0.4, 0.5) is 0 Å². The molecule has 0 aliphatic heterocycles. The molecule has 17 heavy (non-hydrogen) atoms. The molecule has 1 aromatic heterocycles. The van der Waals surface area contributed by atoms with Gasteiger partial charge in [-0.05, 0) is 31.6 Å². The third kappa shape index (κ3) is 2.67. The highest BCUT2D eigenvalue weighted by Crippen LogP contribution is 2.28. The zero-order valence-electron chi connectivity index (χ0n) is 11.0. The first-order valence-corrected chi connectivity index (χ1v) is 7.46. The summed E-state index contributed by atoms with van der Waals surface area (Å²) in [5, 5.41) is 4.77. The summed E-state index contributed by atoms with van der Waals surface area (Å²) in [5.41, 5.74) is 3.85. The van der Waals surface area contributed by atoms with E-state index in [0.717, 1.165) is 25.3 Å². The van der Waals surface area contributed by atoms with E-state index in [2.05, 4.69) is 18.5 Å². The minimum Gasteiger partial charge on any atom is -0.269 e. The van der Waals surface area contributed by atoms with E-state index in [4.69, 9.17) is 16.7 Å². The van der Waals surface area contributed by atoms with Crippen molar-refractivity contribution in [1.82, 2.24) is 9.78 Å². The highest BCUT2D eigenvalue weighted by molar-refractivity contribution is 6.17. The Morgan fingerprint density at radius 1 is 1.24 bits per heavy atom. The van der Waals surface area contributed by atoms with Gasteiger partial charge in [0, 0.05) is 17.8 Å². The lowest BCUT2D eigenvalue weighted by Crippen LogP contribution is -2.12. The van der Waals surface area contributed by atoms with Gasteiger partial charge >= 0.3 is 0 Å². The van der Waals surface area contributed by atoms with Crippen LogP contribution in [-0.4, -0.2) is 9.78 Å². The average Bonchev–Trinajstić information content (AvgIpc) is 2.96. The van der Waals surface area contributed by atoms with Crippen LogP contribution in [0.5, 0.6) is 0 Å². The van der Waals surface area contributed by atoms with Gasteiger partial charge in [0.25, 0.3) is 0 Å². The summed E-state index contributed by atoms with van der Waals surface area (Å²) >= 11 is 6.07. The summed E-state index contributed by atoms with van der Waals surface area (Å²) in [4.78, 5) is 0. The largest absolute Gasteiger partial charge is 0.269 e. The van der Waals surface area contributed by atoms with Crippen LogP contribution in [0.3, 0.4) is 0 Å². The van der Waals surface area contributed by atoms with Crippen molar-refractivity contribution in [1.29, 1.82) is 0 Å². The second-order valence-electron chi connectivity index (χ2n) is 5.05. The fourth-order valence-corrected chi connectivity index (χ4v) is 3.32. The van der Waals surface area contributed by atoms with Crippen LogP contribution < -0.4 is 0 Å². The lowest BCUT2D eigenvalue weighted by molar-refractivity contribution is 0.418. The van der Waals surface area contributed by atoms with E-state index in [1.54, 1.807) is 0 Å². The normalized spacial score (nSPS) is 16.9.